The molecule has 2 unspecified atom stereocenters. The topological polar surface area (TPSA) is 62.2 Å². The zero-order chi connectivity index (χ0) is 14.8. The van der Waals surface area contributed by atoms with E-state index in [-0.39, 0.29) is 12.5 Å². The van der Waals surface area contributed by atoms with E-state index in [1.807, 2.05) is 26.0 Å². The van der Waals surface area contributed by atoms with Crippen LogP contribution in [0.4, 0.5) is 0 Å². The van der Waals surface area contributed by atoms with Gasteiger partial charge in [0.15, 0.2) is 0 Å². The minimum absolute atomic E-state index is 0.00141. The third kappa shape index (κ3) is 3.18. The summed E-state index contributed by atoms with van der Waals surface area (Å²) in [6, 6.07) is 3.65. The molecule has 1 fully saturated rings. The molecule has 4 heteroatoms. The van der Waals surface area contributed by atoms with Gasteiger partial charge in [0.1, 0.15) is 0 Å². The van der Waals surface area contributed by atoms with Gasteiger partial charge >= 0.3 is 0 Å². The predicted octanol–water partition coefficient (Wildman–Crippen LogP) is 2.37. The second kappa shape index (κ2) is 5.92. The van der Waals surface area contributed by atoms with E-state index in [2.05, 4.69) is 17.2 Å². The molecule has 2 N–H and O–H groups in total. The Hall–Kier alpha value is -1.42. The first-order valence-corrected chi connectivity index (χ1v) is 7.33. The molecule has 1 aromatic heterocycles. The summed E-state index contributed by atoms with van der Waals surface area (Å²) in [5, 5.41) is 12.8. The van der Waals surface area contributed by atoms with Crippen LogP contribution in [0.25, 0.3) is 0 Å². The SMILES string of the molecule is Cc1ccc(C(=O)NC2(CO)CCCC(C)C2)c(C)n1. The lowest BCUT2D eigenvalue weighted by Gasteiger charge is -2.39. The largest absolute Gasteiger partial charge is 0.394 e. The lowest BCUT2D eigenvalue weighted by molar-refractivity contribution is 0.0696. The summed E-state index contributed by atoms with van der Waals surface area (Å²) in [5.41, 5.74) is 1.77. The number of nitrogens with one attached hydrogen (secondary N) is 1. The molecule has 0 spiro atoms. The second-order valence-electron chi connectivity index (χ2n) is 6.18. The summed E-state index contributed by atoms with van der Waals surface area (Å²) in [4.78, 5) is 16.8. The summed E-state index contributed by atoms with van der Waals surface area (Å²) in [6.45, 7) is 5.93. The third-order valence-corrected chi connectivity index (χ3v) is 4.24. The van der Waals surface area contributed by atoms with Crippen molar-refractivity contribution in [1.82, 2.24) is 10.3 Å². The molecule has 0 aromatic carbocycles. The normalized spacial score (nSPS) is 26.3. The lowest BCUT2D eigenvalue weighted by Crippen LogP contribution is -2.54. The van der Waals surface area contributed by atoms with Crippen molar-refractivity contribution >= 4 is 5.91 Å². The Morgan fingerprint density at radius 1 is 1.50 bits per heavy atom. The third-order valence-electron chi connectivity index (χ3n) is 4.24. The van der Waals surface area contributed by atoms with Crippen LogP contribution in [0.3, 0.4) is 0 Å². The van der Waals surface area contributed by atoms with Gasteiger partial charge < -0.3 is 10.4 Å². The van der Waals surface area contributed by atoms with Gasteiger partial charge in [-0.1, -0.05) is 19.8 Å². The highest BCUT2D eigenvalue weighted by Gasteiger charge is 2.36. The van der Waals surface area contributed by atoms with Crippen molar-refractivity contribution in [3.8, 4) is 0 Å². The van der Waals surface area contributed by atoms with Crippen molar-refractivity contribution < 1.29 is 9.90 Å². The molecular weight excluding hydrogens is 252 g/mol. The number of carbonyl (C=O) groups is 1. The van der Waals surface area contributed by atoms with Gasteiger partial charge in [0.25, 0.3) is 5.91 Å². The van der Waals surface area contributed by atoms with Crippen molar-refractivity contribution in [1.29, 1.82) is 0 Å². The molecule has 0 saturated heterocycles. The Morgan fingerprint density at radius 2 is 2.25 bits per heavy atom. The maximum absolute atomic E-state index is 12.5. The molecule has 1 aliphatic carbocycles. The van der Waals surface area contributed by atoms with Crippen molar-refractivity contribution in [3.05, 3.63) is 29.1 Å². The highest BCUT2D eigenvalue weighted by molar-refractivity contribution is 5.95. The number of amides is 1. The number of rotatable bonds is 3. The quantitative estimate of drug-likeness (QED) is 0.891. The van der Waals surface area contributed by atoms with E-state index in [0.717, 1.165) is 30.7 Å². The zero-order valence-electron chi connectivity index (χ0n) is 12.6. The molecule has 0 bridgehead atoms. The Kier molecular flexibility index (Phi) is 4.43. The molecule has 2 atom stereocenters. The molecule has 0 radical (unpaired) electrons. The maximum Gasteiger partial charge on any atom is 0.253 e. The van der Waals surface area contributed by atoms with E-state index in [4.69, 9.17) is 0 Å². The number of hydrogen-bond acceptors (Lipinski definition) is 3. The fraction of sp³-hybridized carbons (Fsp3) is 0.625. The Bertz CT molecular complexity index is 501. The van der Waals surface area contributed by atoms with E-state index in [0.29, 0.717) is 11.5 Å². The van der Waals surface area contributed by atoms with E-state index < -0.39 is 5.54 Å². The monoisotopic (exact) mass is 276 g/mol. The molecule has 1 heterocycles. The minimum atomic E-state index is -0.466. The summed E-state index contributed by atoms with van der Waals surface area (Å²) in [6.07, 6.45) is 3.90. The average Bonchev–Trinajstić information content (AvgIpc) is 2.38. The highest BCUT2D eigenvalue weighted by atomic mass is 16.3. The Labute approximate surface area is 120 Å². The minimum Gasteiger partial charge on any atom is -0.394 e. The number of hydrogen-bond donors (Lipinski definition) is 2. The first-order valence-electron chi connectivity index (χ1n) is 7.33. The number of aliphatic hydroxyl groups is 1. The molecule has 2 rings (SSSR count). The van der Waals surface area contributed by atoms with Crippen LogP contribution >= 0.6 is 0 Å². The standard InChI is InChI=1S/C16H24N2O2/c1-11-5-4-8-16(9-11,10-19)18-15(20)14-7-6-12(2)17-13(14)3/h6-7,11,19H,4-5,8-10H2,1-3H3,(H,18,20). The lowest BCUT2D eigenvalue weighted by atomic mass is 9.76. The van der Waals surface area contributed by atoms with Crippen LogP contribution < -0.4 is 5.32 Å². The van der Waals surface area contributed by atoms with Gasteiger partial charge in [-0.25, -0.2) is 0 Å². The summed E-state index contributed by atoms with van der Waals surface area (Å²) in [5.74, 6) is 0.409. The molecule has 1 aromatic rings. The van der Waals surface area contributed by atoms with E-state index in [1.165, 1.54) is 6.42 Å². The van der Waals surface area contributed by atoms with Gasteiger partial charge in [-0.3, -0.25) is 9.78 Å². The van der Waals surface area contributed by atoms with E-state index in [9.17, 15) is 9.90 Å². The smallest absolute Gasteiger partial charge is 0.253 e. The van der Waals surface area contributed by atoms with Gasteiger partial charge in [0.05, 0.1) is 23.4 Å². The average molecular weight is 276 g/mol. The van der Waals surface area contributed by atoms with Gasteiger partial charge in [-0.2, -0.15) is 0 Å². The van der Waals surface area contributed by atoms with E-state index in [1.54, 1.807) is 0 Å². The van der Waals surface area contributed by atoms with Crippen LogP contribution in [0.2, 0.25) is 0 Å². The first kappa shape index (κ1) is 15.0. The number of aromatic nitrogens is 1. The van der Waals surface area contributed by atoms with Gasteiger partial charge in [0.2, 0.25) is 0 Å². The molecule has 1 saturated carbocycles. The van der Waals surface area contributed by atoms with Crippen molar-refractivity contribution in [2.24, 2.45) is 5.92 Å². The van der Waals surface area contributed by atoms with Crippen LogP contribution in [-0.4, -0.2) is 28.1 Å². The maximum atomic E-state index is 12.5. The van der Waals surface area contributed by atoms with Crippen LogP contribution in [0.1, 0.15) is 54.4 Å². The molecular formula is C16H24N2O2. The van der Waals surface area contributed by atoms with Gasteiger partial charge in [-0.15, -0.1) is 0 Å². The van der Waals surface area contributed by atoms with Crippen LogP contribution in [0.15, 0.2) is 12.1 Å². The summed E-state index contributed by atoms with van der Waals surface area (Å²) in [7, 11) is 0. The van der Waals surface area contributed by atoms with Crippen molar-refractivity contribution in [2.75, 3.05) is 6.61 Å². The second-order valence-corrected chi connectivity index (χ2v) is 6.18. The van der Waals surface area contributed by atoms with Crippen LogP contribution in [-0.2, 0) is 0 Å². The van der Waals surface area contributed by atoms with Crippen molar-refractivity contribution in [3.63, 3.8) is 0 Å². The van der Waals surface area contributed by atoms with Crippen molar-refractivity contribution in [2.45, 2.75) is 52.0 Å². The number of aliphatic hydroxyl groups excluding tert-OH is 1. The summed E-state index contributed by atoms with van der Waals surface area (Å²) >= 11 is 0. The fourth-order valence-corrected chi connectivity index (χ4v) is 3.19. The fourth-order valence-electron chi connectivity index (χ4n) is 3.19. The van der Waals surface area contributed by atoms with Crippen LogP contribution in [0, 0.1) is 19.8 Å². The van der Waals surface area contributed by atoms with Crippen LogP contribution in [0.5, 0.6) is 0 Å². The first-order chi connectivity index (χ1) is 9.46. The number of carbonyl (C=O) groups excluding carboxylic acids is 1. The number of nitrogens with zero attached hydrogens (tertiary/aromatic N) is 1. The molecule has 4 nitrogen and oxygen atoms in total. The molecule has 20 heavy (non-hydrogen) atoms. The van der Waals surface area contributed by atoms with Gasteiger partial charge in [-0.05, 0) is 44.7 Å². The molecule has 0 aliphatic heterocycles. The molecule has 1 aliphatic rings. The number of aryl methyl sites for hydroxylation is 2. The van der Waals surface area contributed by atoms with E-state index >= 15 is 0 Å². The van der Waals surface area contributed by atoms with Gasteiger partial charge in [0, 0.05) is 5.69 Å². The molecule has 110 valence electrons. The number of pyridine rings is 1. The Morgan fingerprint density at radius 3 is 2.85 bits per heavy atom. The summed E-state index contributed by atoms with van der Waals surface area (Å²) < 4.78 is 0. The Balaban J connectivity index is 2.16. The molecule has 1 amide bonds. The highest BCUT2D eigenvalue weighted by Crippen LogP contribution is 2.32. The predicted molar refractivity (Wildman–Crippen MR) is 78.6 cm³/mol. The zero-order valence-corrected chi connectivity index (χ0v) is 12.6.